The van der Waals surface area contributed by atoms with E-state index >= 15 is 0 Å². The van der Waals surface area contributed by atoms with Crippen molar-refractivity contribution in [1.29, 1.82) is 0 Å². The summed E-state index contributed by atoms with van der Waals surface area (Å²) in [4.78, 5) is 10.7. The zero-order valence-corrected chi connectivity index (χ0v) is 8.07. The van der Waals surface area contributed by atoms with Gasteiger partial charge in [-0.3, -0.25) is 4.68 Å². The number of fused-ring (bicyclic) bond motifs is 1. The van der Waals surface area contributed by atoms with Gasteiger partial charge in [0.25, 0.3) is 0 Å². The molecular formula is C10H9FN2O2. The van der Waals surface area contributed by atoms with Crippen molar-refractivity contribution >= 4 is 16.9 Å². The minimum absolute atomic E-state index is 0.0600. The van der Waals surface area contributed by atoms with Gasteiger partial charge in [-0.2, -0.15) is 5.10 Å². The molecule has 0 bridgehead atoms. The Morgan fingerprint density at radius 3 is 2.93 bits per heavy atom. The molecular weight excluding hydrogens is 199 g/mol. The summed E-state index contributed by atoms with van der Waals surface area (Å²) in [5.74, 6) is -1.69. The number of carbonyl (C=O) groups is 1. The van der Waals surface area contributed by atoms with Crippen LogP contribution < -0.4 is 0 Å². The van der Waals surface area contributed by atoms with Crippen LogP contribution in [0.4, 0.5) is 4.39 Å². The summed E-state index contributed by atoms with van der Waals surface area (Å²) in [7, 11) is 0. The number of rotatable bonds is 2. The molecule has 1 aromatic heterocycles. The van der Waals surface area contributed by atoms with E-state index in [1.807, 2.05) is 6.92 Å². The molecule has 0 spiro atoms. The maximum atomic E-state index is 13.4. The molecule has 0 aliphatic heterocycles. The summed E-state index contributed by atoms with van der Waals surface area (Å²) in [6.45, 7) is 2.43. The molecule has 78 valence electrons. The highest BCUT2D eigenvalue weighted by Gasteiger charge is 2.12. The minimum Gasteiger partial charge on any atom is -0.478 e. The molecule has 0 radical (unpaired) electrons. The number of hydrogen-bond acceptors (Lipinski definition) is 2. The molecule has 1 aromatic carbocycles. The zero-order chi connectivity index (χ0) is 11.0. The number of aryl methyl sites for hydroxylation is 1. The molecule has 1 N–H and O–H groups in total. The van der Waals surface area contributed by atoms with Crippen LogP contribution in [0.15, 0.2) is 18.3 Å². The third-order valence-corrected chi connectivity index (χ3v) is 2.26. The van der Waals surface area contributed by atoms with Crippen LogP contribution in [0, 0.1) is 5.82 Å². The summed E-state index contributed by atoms with van der Waals surface area (Å²) in [6, 6.07) is 2.43. The second-order valence-corrected chi connectivity index (χ2v) is 3.16. The van der Waals surface area contributed by atoms with Crippen LogP contribution >= 0.6 is 0 Å². The normalized spacial score (nSPS) is 10.8. The van der Waals surface area contributed by atoms with E-state index in [1.54, 1.807) is 4.68 Å². The first-order chi connectivity index (χ1) is 7.13. The van der Waals surface area contributed by atoms with Gasteiger partial charge in [-0.25, -0.2) is 9.18 Å². The molecule has 0 saturated carbocycles. The molecule has 5 heteroatoms. The van der Waals surface area contributed by atoms with Crippen molar-refractivity contribution in [2.24, 2.45) is 0 Å². The van der Waals surface area contributed by atoms with E-state index in [2.05, 4.69) is 5.10 Å². The minimum atomic E-state index is -1.14. The smallest absolute Gasteiger partial charge is 0.335 e. The Labute approximate surface area is 84.9 Å². The average molecular weight is 208 g/mol. The first-order valence-electron chi connectivity index (χ1n) is 4.52. The molecule has 0 fully saturated rings. The maximum absolute atomic E-state index is 13.4. The molecule has 0 aliphatic carbocycles. The highest BCUT2D eigenvalue weighted by Crippen LogP contribution is 2.19. The molecule has 1 heterocycles. The zero-order valence-electron chi connectivity index (χ0n) is 8.07. The Morgan fingerprint density at radius 1 is 1.60 bits per heavy atom. The van der Waals surface area contributed by atoms with Gasteiger partial charge in [-0.15, -0.1) is 0 Å². The van der Waals surface area contributed by atoms with Gasteiger partial charge in [0.05, 0.1) is 22.7 Å². The number of aromatic carboxylic acids is 1. The lowest BCUT2D eigenvalue weighted by Gasteiger charge is -2.00. The highest BCUT2D eigenvalue weighted by atomic mass is 19.1. The van der Waals surface area contributed by atoms with Crippen molar-refractivity contribution < 1.29 is 14.3 Å². The molecule has 4 nitrogen and oxygen atoms in total. The van der Waals surface area contributed by atoms with Gasteiger partial charge in [0, 0.05) is 6.54 Å². The number of carboxylic acids is 1. The topological polar surface area (TPSA) is 55.1 Å². The number of nitrogens with zero attached hydrogens (tertiary/aromatic N) is 2. The van der Waals surface area contributed by atoms with E-state index in [-0.39, 0.29) is 5.56 Å². The number of aromatic nitrogens is 2. The summed E-state index contributed by atoms with van der Waals surface area (Å²) in [6.07, 6.45) is 1.40. The van der Waals surface area contributed by atoms with Gasteiger partial charge in [-0.05, 0) is 19.1 Å². The highest BCUT2D eigenvalue weighted by molar-refractivity contribution is 5.93. The lowest BCUT2D eigenvalue weighted by atomic mass is 10.1. The second-order valence-electron chi connectivity index (χ2n) is 3.16. The van der Waals surface area contributed by atoms with Crippen molar-refractivity contribution in [3.63, 3.8) is 0 Å². The Kier molecular flexibility index (Phi) is 2.15. The lowest BCUT2D eigenvalue weighted by Crippen LogP contribution is -2.00. The molecule has 2 rings (SSSR count). The first kappa shape index (κ1) is 9.64. The van der Waals surface area contributed by atoms with Crippen LogP contribution in [-0.2, 0) is 6.54 Å². The molecule has 0 aliphatic rings. The Bertz CT molecular complexity index is 533. The molecule has 0 amide bonds. The number of halogens is 1. The lowest BCUT2D eigenvalue weighted by molar-refractivity contribution is 0.0696. The van der Waals surface area contributed by atoms with Crippen molar-refractivity contribution in [2.45, 2.75) is 13.5 Å². The largest absolute Gasteiger partial charge is 0.478 e. The van der Waals surface area contributed by atoms with E-state index in [0.717, 1.165) is 6.07 Å². The monoisotopic (exact) mass is 208 g/mol. The fourth-order valence-corrected chi connectivity index (χ4v) is 1.51. The summed E-state index contributed by atoms with van der Waals surface area (Å²) in [5, 5.41) is 13.1. The summed E-state index contributed by atoms with van der Waals surface area (Å²) >= 11 is 0. The van der Waals surface area contributed by atoms with Crippen LogP contribution in [0.3, 0.4) is 0 Å². The second kappa shape index (κ2) is 3.34. The fraction of sp³-hybridized carbons (Fsp3) is 0.200. The van der Waals surface area contributed by atoms with Crippen LogP contribution in [0.1, 0.15) is 17.3 Å². The standard InChI is InChI=1S/C10H9FN2O2/c1-2-13-9-4-6(10(14)15)3-8(11)7(9)5-12-13/h3-5H,2H2,1H3,(H,14,15). The fourth-order valence-electron chi connectivity index (χ4n) is 1.51. The summed E-state index contributed by atoms with van der Waals surface area (Å²) in [5.41, 5.74) is 0.449. The van der Waals surface area contributed by atoms with Crippen molar-refractivity contribution in [1.82, 2.24) is 9.78 Å². The predicted octanol–water partition coefficient (Wildman–Crippen LogP) is 1.89. The number of benzene rings is 1. The van der Waals surface area contributed by atoms with E-state index < -0.39 is 11.8 Å². The Balaban J connectivity index is 2.77. The third-order valence-electron chi connectivity index (χ3n) is 2.26. The van der Waals surface area contributed by atoms with Gasteiger partial charge in [0.2, 0.25) is 0 Å². The summed E-state index contributed by atoms with van der Waals surface area (Å²) < 4.78 is 15.0. The van der Waals surface area contributed by atoms with E-state index in [9.17, 15) is 9.18 Å². The van der Waals surface area contributed by atoms with Crippen LogP contribution in [-0.4, -0.2) is 20.9 Å². The average Bonchev–Trinajstić information content (AvgIpc) is 2.60. The molecule has 0 saturated heterocycles. The van der Waals surface area contributed by atoms with E-state index in [1.165, 1.54) is 12.3 Å². The van der Waals surface area contributed by atoms with Gasteiger partial charge in [0.15, 0.2) is 0 Å². The van der Waals surface area contributed by atoms with Crippen molar-refractivity contribution in [3.05, 3.63) is 29.7 Å². The van der Waals surface area contributed by atoms with E-state index in [0.29, 0.717) is 17.4 Å². The number of hydrogen-bond donors (Lipinski definition) is 1. The third kappa shape index (κ3) is 1.45. The maximum Gasteiger partial charge on any atom is 0.335 e. The van der Waals surface area contributed by atoms with Gasteiger partial charge >= 0.3 is 5.97 Å². The van der Waals surface area contributed by atoms with Gasteiger partial charge in [-0.1, -0.05) is 0 Å². The molecule has 2 aromatic rings. The van der Waals surface area contributed by atoms with E-state index in [4.69, 9.17) is 5.11 Å². The van der Waals surface area contributed by atoms with Crippen LogP contribution in [0.5, 0.6) is 0 Å². The van der Waals surface area contributed by atoms with Gasteiger partial charge in [0.1, 0.15) is 5.82 Å². The molecule has 0 atom stereocenters. The molecule has 0 unspecified atom stereocenters. The van der Waals surface area contributed by atoms with Crippen molar-refractivity contribution in [2.75, 3.05) is 0 Å². The Morgan fingerprint density at radius 2 is 2.33 bits per heavy atom. The predicted molar refractivity (Wildman–Crippen MR) is 52.3 cm³/mol. The first-order valence-corrected chi connectivity index (χ1v) is 4.52. The number of carboxylic acid groups (broad SMARTS) is 1. The SMILES string of the molecule is CCn1ncc2c(F)cc(C(=O)O)cc21. The van der Waals surface area contributed by atoms with Crippen molar-refractivity contribution in [3.8, 4) is 0 Å². The molecule has 15 heavy (non-hydrogen) atoms. The van der Waals surface area contributed by atoms with Crippen LogP contribution in [0.2, 0.25) is 0 Å². The Hall–Kier alpha value is -1.91. The van der Waals surface area contributed by atoms with Gasteiger partial charge < -0.3 is 5.11 Å². The van der Waals surface area contributed by atoms with Crippen LogP contribution in [0.25, 0.3) is 10.9 Å². The quantitative estimate of drug-likeness (QED) is 0.819.